The lowest BCUT2D eigenvalue weighted by molar-refractivity contribution is -0.121. The zero-order chi connectivity index (χ0) is 13.1. The molecule has 17 heavy (non-hydrogen) atoms. The van der Waals surface area contributed by atoms with Gasteiger partial charge in [0.15, 0.2) is 0 Å². The Morgan fingerprint density at radius 2 is 1.76 bits per heavy atom. The molecule has 0 atom stereocenters. The van der Waals surface area contributed by atoms with E-state index in [4.69, 9.17) is 0 Å². The number of amides is 2. The van der Waals surface area contributed by atoms with Crippen LogP contribution >= 0.6 is 0 Å². The summed E-state index contributed by atoms with van der Waals surface area (Å²) in [7, 11) is 1.63. The molecule has 0 aromatic heterocycles. The molecule has 0 aliphatic carbocycles. The van der Waals surface area contributed by atoms with Gasteiger partial charge in [-0.05, 0) is 18.9 Å². The highest BCUT2D eigenvalue weighted by atomic mass is 16.2. The Bertz CT molecular complexity index is 230. The molecular formula is C12H25N3O2. The summed E-state index contributed by atoms with van der Waals surface area (Å²) in [6.45, 7) is 6.30. The Morgan fingerprint density at radius 1 is 1.06 bits per heavy atom. The number of nitrogens with one attached hydrogen (secondary N) is 3. The van der Waals surface area contributed by atoms with E-state index >= 15 is 0 Å². The summed E-state index contributed by atoms with van der Waals surface area (Å²) in [5.41, 5.74) is 0. The topological polar surface area (TPSA) is 70.2 Å². The van der Waals surface area contributed by atoms with E-state index in [0.29, 0.717) is 25.3 Å². The van der Waals surface area contributed by atoms with Gasteiger partial charge in [0.2, 0.25) is 11.8 Å². The quantitative estimate of drug-likeness (QED) is 0.509. The Kier molecular flexibility index (Phi) is 9.43. The molecule has 0 saturated carbocycles. The number of hydrogen-bond donors (Lipinski definition) is 3. The Morgan fingerprint density at radius 3 is 2.35 bits per heavy atom. The largest absolute Gasteiger partial charge is 0.359 e. The number of rotatable bonds is 9. The van der Waals surface area contributed by atoms with E-state index < -0.39 is 0 Å². The Labute approximate surface area is 104 Å². The Balaban J connectivity index is 3.27. The van der Waals surface area contributed by atoms with Crippen LogP contribution in [0.4, 0.5) is 0 Å². The molecule has 0 aromatic rings. The minimum Gasteiger partial charge on any atom is -0.359 e. The van der Waals surface area contributed by atoms with E-state index in [1.165, 1.54) is 0 Å². The van der Waals surface area contributed by atoms with Crippen LogP contribution in [0.3, 0.4) is 0 Å². The van der Waals surface area contributed by atoms with E-state index in [1.54, 1.807) is 7.05 Å². The second kappa shape index (κ2) is 10.1. The van der Waals surface area contributed by atoms with Gasteiger partial charge >= 0.3 is 0 Å². The number of carbonyl (C=O) groups excluding carboxylic acids is 2. The van der Waals surface area contributed by atoms with Crippen LogP contribution in [0.25, 0.3) is 0 Å². The van der Waals surface area contributed by atoms with Gasteiger partial charge in [-0.2, -0.15) is 0 Å². The molecule has 5 nitrogen and oxygen atoms in total. The highest BCUT2D eigenvalue weighted by Crippen LogP contribution is 1.89. The van der Waals surface area contributed by atoms with Gasteiger partial charge in [0.25, 0.3) is 0 Å². The van der Waals surface area contributed by atoms with Crippen LogP contribution in [0.1, 0.15) is 33.1 Å². The molecule has 0 aromatic carbocycles. The van der Waals surface area contributed by atoms with Gasteiger partial charge in [0.05, 0.1) is 0 Å². The molecule has 0 saturated heterocycles. The van der Waals surface area contributed by atoms with Crippen molar-refractivity contribution in [3.05, 3.63) is 0 Å². The standard InChI is InChI=1S/C12H25N3O2/c1-10(2)9-15-12(17)6-8-14-7-4-5-11(16)13-3/h10,14H,4-9H2,1-3H3,(H,13,16)(H,15,17). The summed E-state index contributed by atoms with van der Waals surface area (Å²) in [6.07, 6.45) is 1.82. The van der Waals surface area contributed by atoms with Gasteiger partial charge in [-0.25, -0.2) is 0 Å². The molecule has 3 N–H and O–H groups in total. The monoisotopic (exact) mass is 243 g/mol. The van der Waals surface area contributed by atoms with E-state index in [0.717, 1.165) is 19.5 Å². The molecule has 0 radical (unpaired) electrons. The first-order chi connectivity index (χ1) is 8.06. The van der Waals surface area contributed by atoms with Crippen molar-refractivity contribution in [2.45, 2.75) is 33.1 Å². The van der Waals surface area contributed by atoms with Gasteiger partial charge in [-0.15, -0.1) is 0 Å². The zero-order valence-corrected chi connectivity index (χ0v) is 11.1. The fraction of sp³-hybridized carbons (Fsp3) is 0.833. The van der Waals surface area contributed by atoms with Crippen molar-refractivity contribution < 1.29 is 9.59 Å². The molecule has 2 amide bonds. The number of carbonyl (C=O) groups is 2. The van der Waals surface area contributed by atoms with Crippen molar-refractivity contribution in [1.82, 2.24) is 16.0 Å². The second-order valence-electron chi connectivity index (χ2n) is 4.47. The molecule has 0 bridgehead atoms. The highest BCUT2D eigenvalue weighted by molar-refractivity contribution is 5.76. The second-order valence-corrected chi connectivity index (χ2v) is 4.47. The maximum absolute atomic E-state index is 11.3. The third-order valence-corrected chi connectivity index (χ3v) is 2.27. The molecule has 0 fully saturated rings. The van der Waals surface area contributed by atoms with Crippen LogP contribution in [0.15, 0.2) is 0 Å². The maximum Gasteiger partial charge on any atom is 0.221 e. The summed E-state index contributed by atoms with van der Waals surface area (Å²) in [5.74, 6) is 0.624. The fourth-order valence-corrected chi connectivity index (χ4v) is 1.23. The van der Waals surface area contributed by atoms with E-state index in [9.17, 15) is 9.59 Å². The minimum absolute atomic E-state index is 0.0569. The molecule has 0 unspecified atom stereocenters. The van der Waals surface area contributed by atoms with Crippen LogP contribution < -0.4 is 16.0 Å². The van der Waals surface area contributed by atoms with Crippen molar-refractivity contribution in [1.29, 1.82) is 0 Å². The van der Waals surface area contributed by atoms with Crippen molar-refractivity contribution >= 4 is 11.8 Å². The highest BCUT2D eigenvalue weighted by Gasteiger charge is 2.01. The third-order valence-electron chi connectivity index (χ3n) is 2.27. The summed E-state index contributed by atoms with van der Waals surface area (Å²) in [4.78, 5) is 22.2. The summed E-state index contributed by atoms with van der Waals surface area (Å²) in [6, 6.07) is 0. The first kappa shape index (κ1) is 15.9. The lowest BCUT2D eigenvalue weighted by Gasteiger charge is -2.08. The average molecular weight is 243 g/mol. The van der Waals surface area contributed by atoms with E-state index in [1.807, 2.05) is 0 Å². The average Bonchev–Trinajstić information content (AvgIpc) is 2.30. The van der Waals surface area contributed by atoms with Gasteiger partial charge in [-0.3, -0.25) is 9.59 Å². The smallest absolute Gasteiger partial charge is 0.221 e. The third kappa shape index (κ3) is 11.2. The molecule has 0 heterocycles. The van der Waals surface area contributed by atoms with E-state index in [-0.39, 0.29) is 11.8 Å². The van der Waals surface area contributed by atoms with Crippen LogP contribution in [-0.4, -0.2) is 38.5 Å². The van der Waals surface area contributed by atoms with Crippen LogP contribution in [0.5, 0.6) is 0 Å². The van der Waals surface area contributed by atoms with Gasteiger partial charge in [0.1, 0.15) is 0 Å². The SMILES string of the molecule is CNC(=O)CCCNCCC(=O)NCC(C)C. The van der Waals surface area contributed by atoms with E-state index in [2.05, 4.69) is 29.8 Å². The van der Waals surface area contributed by atoms with Crippen molar-refractivity contribution in [3.8, 4) is 0 Å². The van der Waals surface area contributed by atoms with Crippen LogP contribution in [0, 0.1) is 5.92 Å². The van der Waals surface area contributed by atoms with Crippen molar-refractivity contribution in [3.63, 3.8) is 0 Å². The normalized spacial score (nSPS) is 10.4. The van der Waals surface area contributed by atoms with Crippen LogP contribution in [-0.2, 0) is 9.59 Å². The van der Waals surface area contributed by atoms with Crippen molar-refractivity contribution in [2.75, 3.05) is 26.7 Å². The van der Waals surface area contributed by atoms with Gasteiger partial charge < -0.3 is 16.0 Å². The molecule has 0 aliphatic heterocycles. The van der Waals surface area contributed by atoms with Gasteiger partial charge in [0, 0.05) is 33.0 Å². The molecule has 100 valence electrons. The van der Waals surface area contributed by atoms with Crippen molar-refractivity contribution in [2.24, 2.45) is 5.92 Å². The fourth-order valence-electron chi connectivity index (χ4n) is 1.23. The lowest BCUT2D eigenvalue weighted by Crippen LogP contribution is -2.30. The summed E-state index contributed by atoms with van der Waals surface area (Å²) < 4.78 is 0. The predicted octanol–water partition coefficient (Wildman–Crippen LogP) is 0.265. The molecular weight excluding hydrogens is 218 g/mol. The van der Waals surface area contributed by atoms with Gasteiger partial charge in [-0.1, -0.05) is 13.8 Å². The molecule has 0 rings (SSSR count). The maximum atomic E-state index is 11.3. The lowest BCUT2D eigenvalue weighted by atomic mass is 10.2. The van der Waals surface area contributed by atoms with Crippen LogP contribution in [0.2, 0.25) is 0 Å². The zero-order valence-electron chi connectivity index (χ0n) is 11.1. The first-order valence-electron chi connectivity index (χ1n) is 6.24. The molecule has 5 heteroatoms. The first-order valence-corrected chi connectivity index (χ1v) is 6.24. The molecule has 0 aliphatic rings. The molecule has 0 spiro atoms. The summed E-state index contributed by atoms with van der Waals surface area (Å²) >= 11 is 0. The number of hydrogen-bond acceptors (Lipinski definition) is 3. The minimum atomic E-state index is 0.0569. The Hall–Kier alpha value is -1.10. The summed E-state index contributed by atoms with van der Waals surface area (Å²) in [5, 5.41) is 8.57. The predicted molar refractivity (Wildman–Crippen MR) is 68.6 cm³/mol.